The molecule has 144 valence electrons. The van der Waals surface area contributed by atoms with Crippen LogP contribution in [0.1, 0.15) is 32.1 Å². The van der Waals surface area contributed by atoms with Gasteiger partial charge in [-0.3, -0.25) is 10.1 Å². The molecule has 0 amide bonds. The van der Waals surface area contributed by atoms with Gasteiger partial charge < -0.3 is 9.64 Å². The van der Waals surface area contributed by atoms with E-state index >= 15 is 0 Å². The number of benzene rings is 1. The van der Waals surface area contributed by atoms with E-state index in [0.717, 1.165) is 38.8 Å². The van der Waals surface area contributed by atoms with E-state index in [1.807, 2.05) is 4.90 Å². The molecule has 0 aliphatic carbocycles. The molecule has 0 atom stereocenters. The Bertz CT molecular complexity index is 739. The predicted octanol–water partition coefficient (Wildman–Crippen LogP) is 2.39. The summed E-state index contributed by atoms with van der Waals surface area (Å²) in [5, 5.41) is 11.6. The summed E-state index contributed by atoms with van der Waals surface area (Å²) in [5.74, 6) is 0. The highest BCUT2D eigenvalue weighted by atomic mass is 32.2. The monoisotopic (exact) mass is 383 g/mol. The smallest absolute Gasteiger partial charge is 0.293 e. The lowest BCUT2D eigenvalue weighted by Crippen LogP contribution is -2.40. The largest absolute Gasteiger partial charge is 0.379 e. The van der Waals surface area contributed by atoms with Gasteiger partial charge in [0.2, 0.25) is 10.0 Å². The summed E-state index contributed by atoms with van der Waals surface area (Å²) < 4.78 is 32.1. The predicted molar refractivity (Wildman–Crippen MR) is 98.0 cm³/mol. The molecular formula is C17H25N3O5S. The summed E-state index contributed by atoms with van der Waals surface area (Å²) in [6.45, 7) is 2.74. The van der Waals surface area contributed by atoms with Crippen molar-refractivity contribution in [3.63, 3.8) is 0 Å². The van der Waals surface area contributed by atoms with Crippen LogP contribution in [0.2, 0.25) is 0 Å². The van der Waals surface area contributed by atoms with Crippen LogP contribution in [-0.4, -0.2) is 57.0 Å². The van der Waals surface area contributed by atoms with Crippen molar-refractivity contribution in [3.05, 3.63) is 28.3 Å². The minimum absolute atomic E-state index is 0.0260. The first-order valence-electron chi connectivity index (χ1n) is 9.11. The molecule has 8 nitrogen and oxygen atoms in total. The second-order valence-corrected chi connectivity index (χ2v) is 8.62. The fourth-order valence-corrected chi connectivity index (χ4v) is 4.93. The third-order valence-corrected chi connectivity index (χ3v) is 6.84. The van der Waals surface area contributed by atoms with Crippen LogP contribution in [0.4, 0.5) is 11.4 Å². The van der Waals surface area contributed by atoms with Crippen molar-refractivity contribution in [3.8, 4) is 0 Å². The Morgan fingerprint density at radius 3 is 2.19 bits per heavy atom. The highest BCUT2D eigenvalue weighted by Crippen LogP contribution is 2.33. The molecule has 2 fully saturated rings. The number of anilines is 1. The summed E-state index contributed by atoms with van der Waals surface area (Å²) in [4.78, 5) is 13.1. The van der Waals surface area contributed by atoms with E-state index < -0.39 is 14.9 Å². The first kappa shape index (κ1) is 19.1. The fourth-order valence-electron chi connectivity index (χ4n) is 3.50. The van der Waals surface area contributed by atoms with E-state index in [1.165, 1.54) is 22.9 Å². The number of nitro benzene ring substituents is 1. The second kappa shape index (κ2) is 8.32. The third kappa shape index (κ3) is 4.16. The molecule has 0 saturated carbocycles. The minimum atomic E-state index is -3.75. The van der Waals surface area contributed by atoms with Gasteiger partial charge in [0, 0.05) is 32.2 Å². The van der Waals surface area contributed by atoms with Gasteiger partial charge in [0.05, 0.1) is 23.0 Å². The Morgan fingerprint density at radius 2 is 1.58 bits per heavy atom. The molecule has 1 aromatic rings. The topological polar surface area (TPSA) is 93.0 Å². The van der Waals surface area contributed by atoms with E-state index in [-0.39, 0.29) is 23.7 Å². The standard InChI is InChI=1S/C17H25N3O5S/c21-20(22)17-14-15(26(23,24)19-10-12-25-13-11-19)6-7-16(17)18-8-4-2-1-3-5-9-18/h6-7,14H,1-5,8-13H2. The molecule has 1 aromatic carbocycles. The lowest BCUT2D eigenvalue weighted by molar-refractivity contribution is -0.384. The molecule has 9 heteroatoms. The highest BCUT2D eigenvalue weighted by molar-refractivity contribution is 7.89. The first-order valence-corrected chi connectivity index (χ1v) is 10.6. The summed E-state index contributed by atoms with van der Waals surface area (Å²) in [7, 11) is -3.75. The van der Waals surface area contributed by atoms with Crippen molar-refractivity contribution in [2.24, 2.45) is 0 Å². The summed E-state index contributed by atoms with van der Waals surface area (Å²) in [5.41, 5.74) is 0.373. The molecule has 0 aromatic heterocycles. The van der Waals surface area contributed by atoms with Gasteiger partial charge in [-0.2, -0.15) is 4.31 Å². The molecule has 0 unspecified atom stereocenters. The fraction of sp³-hybridized carbons (Fsp3) is 0.647. The number of ether oxygens (including phenoxy) is 1. The van der Waals surface area contributed by atoms with Crippen LogP contribution < -0.4 is 4.90 Å². The number of rotatable bonds is 4. The molecule has 0 spiro atoms. The van der Waals surface area contributed by atoms with Crippen molar-refractivity contribution in [2.75, 3.05) is 44.3 Å². The summed E-state index contributed by atoms with van der Waals surface area (Å²) >= 11 is 0. The summed E-state index contributed by atoms with van der Waals surface area (Å²) in [6, 6.07) is 4.29. The maximum Gasteiger partial charge on any atom is 0.293 e. The zero-order chi connectivity index (χ0) is 18.6. The molecule has 0 N–H and O–H groups in total. The van der Waals surface area contributed by atoms with E-state index in [0.29, 0.717) is 18.9 Å². The Balaban J connectivity index is 1.92. The van der Waals surface area contributed by atoms with E-state index in [4.69, 9.17) is 4.74 Å². The Morgan fingerprint density at radius 1 is 0.962 bits per heavy atom. The number of morpholine rings is 1. The number of nitro groups is 1. The Labute approximate surface area is 153 Å². The maximum absolute atomic E-state index is 12.8. The number of nitrogens with zero attached hydrogens (tertiary/aromatic N) is 3. The molecule has 2 saturated heterocycles. The van der Waals surface area contributed by atoms with E-state index in [1.54, 1.807) is 6.07 Å². The lowest BCUT2D eigenvalue weighted by atomic mass is 10.1. The molecule has 2 heterocycles. The van der Waals surface area contributed by atoms with Crippen molar-refractivity contribution >= 4 is 21.4 Å². The van der Waals surface area contributed by atoms with Crippen LogP contribution in [0.15, 0.2) is 23.1 Å². The van der Waals surface area contributed by atoms with Crippen molar-refractivity contribution < 1.29 is 18.1 Å². The molecule has 26 heavy (non-hydrogen) atoms. The zero-order valence-electron chi connectivity index (χ0n) is 14.8. The second-order valence-electron chi connectivity index (χ2n) is 6.68. The minimum Gasteiger partial charge on any atom is -0.379 e. The quantitative estimate of drug-likeness (QED) is 0.585. The van der Waals surface area contributed by atoms with E-state index in [2.05, 4.69) is 0 Å². The molecular weight excluding hydrogens is 358 g/mol. The van der Waals surface area contributed by atoms with Gasteiger partial charge in [-0.05, 0) is 25.0 Å². The van der Waals surface area contributed by atoms with Crippen LogP contribution in [-0.2, 0) is 14.8 Å². The Kier molecular flexibility index (Phi) is 6.10. The van der Waals surface area contributed by atoms with Crippen LogP contribution >= 0.6 is 0 Å². The van der Waals surface area contributed by atoms with Crippen LogP contribution in [0.25, 0.3) is 0 Å². The van der Waals surface area contributed by atoms with Gasteiger partial charge in [0.15, 0.2) is 0 Å². The van der Waals surface area contributed by atoms with Crippen molar-refractivity contribution in [1.82, 2.24) is 4.31 Å². The summed E-state index contributed by atoms with van der Waals surface area (Å²) in [6.07, 6.45) is 5.42. The normalized spacial score (nSPS) is 20.4. The van der Waals surface area contributed by atoms with Gasteiger partial charge in [0.1, 0.15) is 5.69 Å². The first-order chi connectivity index (χ1) is 12.5. The maximum atomic E-state index is 12.8. The molecule has 0 bridgehead atoms. The molecule has 0 radical (unpaired) electrons. The van der Waals surface area contributed by atoms with Crippen molar-refractivity contribution in [2.45, 2.75) is 37.0 Å². The lowest BCUT2D eigenvalue weighted by Gasteiger charge is -2.28. The number of sulfonamides is 1. The van der Waals surface area contributed by atoms with Gasteiger partial charge in [0.25, 0.3) is 5.69 Å². The number of hydrogen-bond donors (Lipinski definition) is 0. The SMILES string of the molecule is O=[N+]([O-])c1cc(S(=O)(=O)N2CCOCC2)ccc1N1CCCCCCC1. The molecule has 2 aliphatic heterocycles. The van der Waals surface area contributed by atoms with Gasteiger partial charge in [-0.15, -0.1) is 0 Å². The average Bonchev–Trinajstić information content (AvgIpc) is 2.62. The zero-order valence-corrected chi connectivity index (χ0v) is 15.6. The Hall–Kier alpha value is -1.71. The van der Waals surface area contributed by atoms with Crippen LogP contribution in [0, 0.1) is 10.1 Å². The van der Waals surface area contributed by atoms with E-state index in [9.17, 15) is 18.5 Å². The highest BCUT2D eigenvalue weighted by Gasteiger charge is 2.30. The van der Waals surface area contributed by atoms with Gasteiger partial charge >= 0.3 is 0 Å². The van der Waals surface area contributed by atoms with Gasteiger partial charge in [-0.25, -0.2) is 8.42 Å². The van der Waals surface area contributed by atoms with Crippen LogP contribution in [0.3, 0.4) is 0 Å². The van der Waals surface area contributed by atoms with Crippen molar-refractivity contribution in [1.29, 1.82) is 0 Å². The van der Waals surface area contributed by atoms with Crippen LogP contribution in [0.5, 0.6) is 0 Å². The molecule has 2 aliphatic rings. The number of hydrogen-bond acceptors (Lipinski definition) is 6. The third-order valence-electron chi connectivity index (χ3n) is 4.95. The molecule has 3 rings (SSSR count). The average molecular weight is 383 g/mol. The van der Waals surface area contributed by atoms with Gasteiger partial charge in [-0.1, -0.05) is 19.3 Å².